The minimum absolute atomic E-state index is 0.0375. The predicted molar refractivity (Wildman–Crippen MR) is 135 cm³/mol. The average molecular weight is 500 g/mol. The van der Waals surface area contributed by atoms with E-state index < -0.39 is 29.1 Å². The first-order chi connectivity index (χ1) is 17.4. The third-order valence-corrected chi connectivity index (χ3v) is 8.99. The van der Waals surface area contributed by atoms with Crippen molar-refractivity contribution in [2.45, 2.75) is 88.5 Å². The summed E-state index contributed by atoms with van der Waals surface area (Å²) in [6.45, 7) is 5.98. The second-order valence-electron chi connectivity index (χ2n) is 11.3. The molecule has 5 aliphatic rings. The van der Waals surface area contributed by atoms with Crippen LogP contribution in [0.5, 0.6) is 0 Å². The van der Waals surface area contributed by atoms with Crippen LogP contribution < -0.4 is 0 Å². The first-order valence-corrected chi connectivity index (χ1v) is 13.9. The summed E-state index contributed by atoms with van der Waals surface area (Å²) < 4.78 is 6.86. The van der Waals surface area contributed by atoms with Crippen molar-refractivity contribution in [2.75, 3.05) is 32.8 Å². The van der Waals surface area contributed by atoms with Crippen LogP contribution in [-0.2, 0) is 19.1 Å². The molecule has 1 aliphatic carbocycles. The molecule has 4 heterocycles. The van der Waals surface area contributed by atoms with Gasteiger partial charge in [0.05, 0.1) is 17.4 Å². The molecule has 5 atom stereocenters. The van der Waals surface area contributed by atoms with Gasteiger partial charge in [0.2, 0.25) is 17.7 Å². The molecule has 198 valence electrons. The van der Waals surface area contributed by atoms with E-state index in [1.165, 1.54) is 6.42 Å². The summed E-state index contributed by atoms with van der Waals surface area (Å²) in [5, 5.41) is 9.37. The van der Waals surface area contributed by atoms with E-state index in [0.29, 0.717) is 39.0 Å². The molecule has 36 heavy (non-hydrogen) atoms. The van der Waals surface area contributed by atoms with Crippen LogP contribution in [0.4, 0.5) is 0 Å². The van der Waals surface area contributed by atoms with Gasteiger partial charge in [-0.15, -0.1) is 0 Å². The molecule has 0 bridgehead atoms. The molecule has 4 aliphatic heterocycles. The van der Waals surface area contributed by atoms with Crippen LogP contribution in [0, 0.1) is 11.8 Å². The Balaban J connectivity index is 1.57. The number of aliphatic hydroxyl groups excluding tert-OH is 1. The molecule has 5 rings (SSSR count). The van der Waals surface area contributed by atoms with Crippen LogP contribution in [0.15, 0.2) is 24.3 Å². The monoisotopic (exact) mass is 499 g/mol. The SMILES string of the molecule is CCCN1CC=C[C@@]2(C)O[C@]34C=CCN(C5CCCCC5)C(=O)C3N(CCCCO)C(=O)[C@@H]4[C@H]2C1=O. The molecule has 1 saturated carbocycles. The highest BCUT2D eigenvalue weighted by atomic mass is 16.5. The van der Waals surface area contributed by atoms with E-state index in [4.69, 9.17) is 4.74 Å². The van der Waals surface area contributed by atoms with Gasteiger partial charge in [-0.2, -0.15) is 0 Å². The number of hydrogen-bond donors (Lipinski definition) is 1. The highest BCUT2D eigenvalue weighted by Crippen LogP contribution is 2.57. The summed E-state index contributed by atoms with van der Waals surface area (Å²) in [5.74, 6) is -1.73. The molecule has 8 nitrogen and oxygen atoms in total. The number of nitrogens with zero attached hydrogens (tertiary/aromatic N) is 3. The van der Waals surface area contributed by atoms with E-state index in [1.807, 2.05) is 48.0 Å². The number of aliphatic hydroxyl groups is 1. The summed E-state index contributed by atoms with van der Waals surface area (Å²) in [6.07, 6.45) is 15.2. The van der Waals surface area contributed by atoms with Crippen LogP contribution >= 0.6 is 0 Å². The minimum atomic E-state index is -1.18. The first-order valence-electron chi connectivity index (χ1n) is 13.9. The summed E-state index contributed by atoms with van der Waals surface area (Å²) >= 11 is 0. The maximum Gasteiger partial charge on any atom is 0.249 e. The lowest BCUT2D eigenvalue weighted by Crippen LogP contribution is -2.57. The van der Waals surface area contributed by atoms with Crippen molar-refractivity contribution in [3.05, 3.63) is 24.3 Å². The summed E-state index contributed by atoms with van der Waals surface area (Å²) in [6, 6.07) is -0.623. The van der Waals surface area contributed by atoms with Crippen molar-refractivity contribution in [1.82, 2.24) is 14.7 Å². The molecule has 0 aromatic carbocycles. The van der Waals surface area contributed by atoms with Crippen molar-refractivity contribution in [1.29, 1.82) is 0 Å². The van der Waals surface area contributed by atoms with Gasteiger partial charge in [0.15, 0.2) is 0 Å². The zero-order valence-corrected chi connectivity index (χ0v) is 21.7. The minimum Gasteiger partial charge on any atom is -0.396 e. The van der Waals surface area contributed by atoms with E-state index in [2.05, 4.69) is 0 Å². The molecule has 1 N–H and O–H groups in total. The number of hydrogen-bond acceptors (Lipinski definition) is 5. The van der Waals surface area contributed by atoms with Crippen molar-refractivity contribution < 1.29 is 24.2 Å². The van der Waals surface area contributed by atoms with Gasteiger partial charge in [0.25, 0.3) is 0 Å². The Labute approximate surface area is 214 Å². The number of carbonyl (C=O) groups excluding carboxylic acids is 3. The van der Waals surface area contributed by atoms with E-state index in [0.717, 1.165) is 32.1 Å². The van der Waals surface area contributed by atoms with Gasteiger partial charge in [-0.25, -0.2) is 0 Å². The topological polar surface area (TPSA) is 90.4 Å². The van der Waals surface area contributed by atoms with E-state index >= 15 is 0 Å². The maximum atomic E-state index is 14.3. The fraction of sp³-hybridized carbons (Fsp3) is 0.750. The smallest absolute Gasteiger partial charge is 0.249 e. The lowest BCUT2D eigenvalue weighted by molar-refractivity contribution is -0.154. The van der Waals surface area contributed by atoms with Gasteiger partial charge in [-0.05, 0) is 39.0 Å². The molecule has 0 radical (unpaired) electrons. The highest BCUT2D eigenvalue weighted by molar-refractivity contribution is 6.00. The van der Waals surface area contributed by atoms with Gasteiger partial charge in [-0.3, -0.25) is 14.4 Å². The predicted octanol–water partition coefficient (Wildman–Crippen LogP) is 2.27. The summed E-state index contributed by atoms with van der Waals surface area (Å²) in [7, 11) is 0. The Morgan fingerprint density at radius 2 is 1.69 bits per heavy atom. The molecule has 2 saturated heterocycles. The molecular weight excluding hydrogens is 458 g/mol. The number of carbonyl (C=O) groups is 3. The lowest BCUT2D eigenvalue weighted by Gasteiger charge is -2.40. The number of ether oxygens (including phenoxy) is 1. The third kappa shape index (κ3) is 3.92. The quantitative estimate of drug-likeness (QED) is 0.429. The average Bonchev–Trinajstić information content (AvgIpc) is 3.13. The Bertz CT molecular complexity index is 943. The zero-order valence-electron chi connectivity index (χ0n) is 21.7. The normalized spacial score (nSPS) is 36.7. The molecule has 8 heteroatoms. The Hall–Kier alpha value is -2.19. The molecule has 3 fully saturated rings. The van der Waals surface area contributed by atoms with Gasteiger partial charge in [0, 0.05) is 38.8 Å². The van der Waals surface area contributed by atoms with Gasteiger partial charge in [-0.1, -0.05) is 50.5 Å². The van der Waals surface area contributed by atoms with Crippen molar-refractivity contribution in [3.63, 3.8) is 0 Å². The van der Waals surface area contributed by atoms with E-state index in [-0.39, 0.29) is 30.4 Å². The van der Waals surface area contributed by atoms with Crippen LogP contribution in [0.3, 0.4) is 0 Å². The Kier molecular flexibility index (Phi) is 7.03. The molecule has 1 unspecified atom stereocenters. The number of fused-ring (bicyclic) bond motifs is 2. The molecule has 1 spiro atoms. The third-order valence-electron chi connectivity index (χ3n) is 8.99. The van der Waals surface area contributed by atoms with Crippen molar-refractivity contribution >= 4 is 17.7 Å². The molecular formula is C28H41N3O5. The highest BCUT2D eigenvalue weighted by Gasteiger charge is 2.74. The zero-order chi connectivity index (χ0) is 25.5. The van der Waals surface area contributed by atoms with Crippen molar-refractivity contribution in [2.24, 2.45) is 11.8 Å². The van der Waals surface area contributed by atoms with Crippen LogP contribution in [-0.4, -0.2) is 93.6 Å². The molecule has 3 amide bonds. The second-order valence-corrected chi connectivity index (χ2v) is 11.3. The van der Waals surface area contributed by atoms with Crippen LogP contribution in [0.2, 0.25) is 0 Å². The standard InChI is InChI=1S/C28H41N3O5/c1-3-15-29-16-9-13-27(2)21(24(29)33)22-25(34)31(17-7-8-19-32)23-26(35)30(20-11-5-4-6-12-20)18-10-14-28(22,23)36-27/h9-10,13-14,20-23,32H,3-8,11-12,15-19H2,1-2H3/t21-,22-,23?,27+,28-/m0/s1. The van der Waals surface area contributed by atoms with E-state index in [9.17, 15) is 19.5 Å². The first kappa shape index (κ1) is 25.5. The fourth-order valence-corrected chi connectivity index (χ4v) is 7.42. The maximum absolute atomic E-state index is 14.3. The van der Waals surface area contributed by atoms with Gasteiger partial charge >= 0.3 is 0 Å². The summed E-state index contributed by atoms with van der Waals surface area (Å²) in [5.41, 5.74) is -2.13. The number of unbranched alkanes of at least 4 members (excludes halogenated alkanes) is 1. The van der Waals surface area contributed by atoms with Crippen LogP contribution in [0.25, 0.3) is 0 Å². The number of amides is 3. The molecule has 0 aromatic heterocycles. The van der Waals surface area contributed by atoms with Crippen LogP contribution in [0.1, 0.15) is 65.2 Å². The van der Waals surface area contributed by atoms with E-state index in [1.54, 1.807) is 4.90 Å². The Morgan fingerprint density at radius 1 is 0.944 bits per heavy atom. The second kappa shape index (κ2) is 9.93. The van der Waals surface area contributed by atoms with Crippen molar-refractivity contribution in [3.8, 4) is 0 Å². The molecule has 0 aromatic rings. The Morgan fingerprint density at radius 3 is 2.42 bits per heavy atom. The summed E-state index contributed by atoms with van der Waals surface area (Å²) in [4.78, 5) is 47.9. The fourth-order valence-electron chi connectivity index (χ4n) is 7.42. The number of rotatable bonds is 7. The van der Waals surface area contributed by atoms with Gasteiger partial charge in [0.1, 0.15) is 11.6 Å². The van der Waals surface area contributed by atoms with Gasteiger partial charge < -0.3 is 24.5 Å². The lowest BCUT2D eigenvalue weighted by atomic mass is 9.74. The largest absolute Gasteiger partial charge is 0.396 e. The number of likely N-dealkylation sites (tertiary alicyclic amines) is 1.